The lowest BCUT2D eigenvalue weighted by Crippen LogP contribution is -2.65. The molecule has 1 saturated carbocycles. The van der Waals surface area contributed by atoms with Gasteiger partial charge in [0.05, 0.1) is 16.5 Å². The van der Waals surface area contributed by atoms with Crippen molar-refractivity contribution in [3.05, 3.63) is 61.9 Å². The Labute approximate surface area is 192 Å². The highest BCUT2D eigenvalue weighted by molar-refractivity contribution is 6.35. The van der Waals surface area contributed by atoms with Crippen LogP contribution in [0, 0.1) is 17.2 Å². The number of aromatic nitrogens is 3. The van der Waals surface area contributed by atoms with E-state index in [9.17, 15) is 18.4 Å². The van der Waals surface area contributed by atoms with Crippen molar-refractivity contribution in [1.29, 1.82) is 0 Å². The van der Waals surface area contributed by atoms with Crippen LogP contribution in [0.15, 0.2) is 34.0 Å². The predicted molar refractivity (Wildman–Crippen MR) is 120 cm³/mol. The minimum Gasteiger partial charge on any atom is -0.490 e. The largest absolute Gasteiger partial charge is 0.490 e. The van der Waals surface area contributed by atoms with Crippen molar-refractivity contribution < 1.29 is 13.5 Å². The third-order valence-electron chi connectivity index (χ3n) is 6.50. The van der Waals surface area contributed by atoms with E-state index in [-0.39, 0.29) is 17.1 Å². The molecule has 3 heterocycles. The second kappa shape index (κ2) is 8.11. The normalized spacial score (nSPS) is 17.7. The maximum Gasteiger partial charge on any atom is 0.302 e. The summed E-state index contributed by atoms with van der Waals surface area (Å²) < 4.78 is 35.0. The van der Waals surface area contributed by atoms with Gasteiger partial charge in [-0.15, -0.1) is 5.10 Å². The van der Waals surface area contributed by atoms with Crippen LogP contribution < -0.4 is 21.2 Å². The van der Waals surface area contributed by atoms with Crippen LogP contribution in [0.4, 0.5) is 14.5 Å². The second-order valence-corrected chi connectivity index (χ2v) is 9.29. The molecular formula is C22H22ClF2N5O3. The van der Waals surface area contributed by atoms with Gasteiger partial charge in [0.15, 0.2) is 0 Å². The zero-order valence-corrected chi connectivity index (χ0v) is 18.6. The molecule has 0 atom stereocenters. The molecule has 8 nitrogen and oxygen atoms in total. The Morgan fingerprint density at radius 1 is 1.27 bits per heavy atom. The van der Waals surface area contributed by atoms with Crippen LogP contribution in [-0.4, -0.2) is 51.9 Å². The number of H-pyrrole nitrogens is 1. The number of hydrogen-bond acceptors (Lipinski definition) is 6. The van der Waals surface area contributed by atoms with Crippen LogP contribution in [0.1, 0.15) is 12.8 Å². The van der Waals surface area contributed by atoms with Crippen molar-refractivity contribution in [2.75, 3.05) is 31.5 Å². The fraction of sp³-hybridized carbons (Fsp3) is 0.409. The average Bonchev–Trinajstić information content (AvgIpc) is 2.73. The van der Waals surface area contributed by atoms with E-state index in [1.54, 1.807) is 30.5 Å². The van der Waals surface area contributed by atoms with Crippen molar-refractivity contribution in [2.24, 2.45) is 12.5 Å². The van der Waals surface area contributed by atoms with Crippen molar-refractivity contribution in [3.63, 3.8) is 0 Å². The molecule has 5 rings (SSSR count). The summed E-state index contributed by atoms with van der Waals surface area (Å²) in [5.74, 6) is -1.62. The van der Waals surface area contributed by atoms with Crippen LogP contribution in [0.2, 0.25) is 5.02 Å². The number of fused-ring (bicyclic) bond motifs is 1. The summed E-state index contributed by atoms with van der Waals surface area (Å²) in [6.45, 7) is 2.62. The Balaban J connectivity index is 1.14. The molecule has 174 valence electrons. The van der Waals surface area contributed by atoms with Gasteiger partial charge in [0, 0.05) is 50.2 Å². The maximum absolute atomic E-state index is 13.7. The first kappa shape index (κ1) is 21.8. The van der Waals surface area contributed by atoms with E-state index < -0.39 is 23.0 Å². The van der Waals surface area contributed by atoms with Gasteiger partial charge < -0.3 is 19.5 Å². The monoisotopic (exact) mass is 477 g/mol. The molecule has 1 saturated heterocycles. The maximum atomic E-state index is 13.7. The number of pyridine rings is 1. The van der Waals surface area contributed by atoms with Gasteiger partial charge in [0.25, 0.3) is 11.5 Å². The fourth-order valence-corrected chi connectivity index (χ4v) is 5.12. The molecule has 2 N–H and O–H groups in total. The summed E-state index contributed by atoms with van der Waals surface area (Å²) in [6.07, 6.45) is 3.55. The highest BCUT2D eigenvalue weighted by Gasteiger charge is 2.53. The number of anilines is 1. The number of nitrogens with one attached hydrogen (secondary N) is 2. The smallest absolute Gasteiger partial charge is 0.302 e. The van der Waals surface area contributed by atoms with Crippen molar-refractivity contribution in [1.82, 2.24) is 19.7 Å². The second-order valence-electron chi connectivity index (χ2n) is 8.88. The van der Waals surface area contributed by atoms with Gasteiger partial charge in [-0.3, -0.25) is 9.59 Å². The summed E-state index contributed by atoms with van der Waals surface area (Å²) >= 11 is 6.25. The van der Waals surface area contributed by atoms with Gasteiger partial charge >= 0.3 is 5.56 Å². The zero-order chi connectivity index (χ0) is 23.3. The SMILES string of the molecule is Cn1ccc2c(OC3CC4(C3)CN(CCNc3c(F)n[nH]c(=O)c3F)C4)ccc(Cl)c2c1=O. The highest BCUT2D eigenvalue weighted by Crippen LogP contribution is 2.50. The molecule has 0 amide bonds. The summed E-state index contributed by atoms with van der Waals surface area (Å²) in [4.78, 5) is 25.9. The molecule has 2 aliphatic rings. The third-order valence-corrected chi connectivity index (χ3v) is 6.81. The molecule has 1 aromatic carbocycles. The van der Waals surface area contributed by atoms with E-state index in [1.165, 1.54) is 4.57 Å². The number of aryl methyl sites for hydroxylation is 1. The number of aromatic amines is 1. The standard InChI is InChI=1S/C22H22ClF2N5O3/c1-29-6-4-13-15(3-2-14(23)16(13)21(29)32)33-12-8-22(9-12)10-30(11-22)7-5-26-18-17(24)20(31)28-27-19(18)25/h2-4,6,12H,5,7-11H2,1H3,(H2,26,28,31). The van der Waals surface area contributed by atoms with E-state index >= 15 is 0 Å². The molecule has 3 aromatic rings. The van der Waals surface area contributed by atoms with Gasteiger partial charge in [0.2, 0.25) is 5.82 Å². The molecule has 33 heavy (non-hydrogen) atoms. The molecule has 0 bridgehead atoms. The number of halogens is 3. The van der Waals surface area contributed by atoms with Crippen molar-refractivity contribution in [3.8, 4) is 5.75 Å². The molecule has 0 radical (unpaired) electrons. The van der Waals surface area contributed by atoms with Crippen LogP contribution in [0.3, 0.4) is 0 Å². The van der Waals surface area contributed by atoms with Crippen molar-refractivity contribution in [2.45, 2.75) is 18.9 Å². The lowest BCUT2D eigenvalue weighted by atomic mass is 9.62. The topological polar surface area (TPSA) is 92.2 Å². The van der Waals surface area contributed by atoms with Crippen LogP contribution in [0.5, 0.6) is 5.75 Å². The molecular weight excluding hydrogens is 456 g/mol. The number of hydrogen-bond donors (Lipinski definition) is 2. The molecule has 0 unspecified atom stereocenters. The van der Waals surface area contributed by atoms with Gasteiger partial charge in [-0.05, 0) is 31.0 Å². The Bertz CT molecular complexity index is 1340. The minimum atomic E-state index is -1.20. The quantitative estimate of drug-likeness (QED) is 0.567. The lowest BCUT2D eigenvalue weighted by molar-refractivity contribution is -0.117. The minimum absolute atomic E-state index is 0.0593. The summed E-state index contributed by atoms with van der Waals surface area (Å²) in [5, 5.41) is 9.08. The summed E-state index contributed by atoms with van der Waals surface area (Å²) in [5.41, 5.74) is -1.54. The molecule has 1 aliphatic heterocycles. The highest BCUT2D eigenvalue weighted by atomic mass is 35.5. The average molecular weight is 478 g/mol. The molecule has 1 spiro atoms. The Hall–Kier alpha value is -2.98. The summed E-state index contributed by atoms with van der Waals surface area (Å²) in [7, 11) is 1.68. The Morgan fingerprint density at radius 3 is 2.79 bits per heavy atom. The van der Waals surface area contributed by atoms with Crippen LogP contribution in [0.25, 0.3) is 10.8 Å². The Kier molecular flexibility index (Phi) is 5.37. The van der Waals surface area contributed by atoms with Gasteiger partial charge in [0.1, 0.15) is 11.4 Å². The summed E-state index contributed by atoms with van der Waals surface area (Å²) in [6, 6.07) is 5.33. The molecule has 11 heteroatoms. The van der Waals surface area contributed by atoms with Crippen LogP contribution in [-0.2, 0) is 7.05 Å². The number of likely N-dealkylation sites (tertiary alicyclic amines) is 1. The van der Waals surface area contributed by atoms with Crippen LogP contribution >= 0.6 is 11.6 Å². The molecule has 1 aliphatic carbocycles. The number of nitrogens with zero attached hydrogens (tertiary/aromatic N) is 3. The number of ether oxygens (including phenoxy) is 1. The van der Waals surface area contributed by atoms with E-state index in [4.69, 9.17) is 16.3 Å². The predicted octanol–water partition coefficient (Wildman–Crippen LogP) is 2.51. The van der Waals surface area contributed by atoms with Gasteiger partial charge in [-0.1, -0.05) is 11.6 Å². The van der Waals surface area contributed by atoms with Crippen molar-refractivity contribution >= 4 is 28.1 Å². The number of rotatable bonds is 6. The van der Waals surface area contributed by atoms with E-state index in [1.807, 2.05) is 6.07 Å². The molecule has 2 fully saturated rings. The first-order chi connectivity index (χ1) is 15.8. The fourth-order valence-electron chi connectivity index (χ4n) is 4.88. The number of benzene rings is 1. The Morgan fingerprint density at radius 2 is 2.03 bits per heavy atom. The molecule has 2 aromatic heterocycles. The van der Waals surface area contributed by atoms with E-state index in [0.717, 1.165) is 25.9 Å². The first-order valence-corrected chi connectivity index (χ1v) is 11.0. The van der Waals surface area contributed by atoms with Gasteiger partial charge in [-0.25, -0.2) is 5.10 Å². The van der Waals surface area contributed by atoms with Gasteiger partial charge in [-0.2, -0.15) is 8.78 Å². The van der Waals surface area contributed by atoms with E-state index in [0.29, 0.717) is 34.6 Å². The zero-order valence-electron chi connectivity index (χ0n) is 17.8. The first-order valence-electron chi connectivity index (χ1n) is 10.6. The third kappa shape index (κ3) is 3.87. The lowest BCUT2D eigenvalue weighted by Gasteiger charge is -2.58. The van der Waals surface area contributed by atoms with E-state index in [2.05, 4.69) is 15.3 Å².